The molecular weight excluding hydrogens is 496 g/mol. The van der Waals surface area contributed by atoms with Crippen LogP contribution in [0.15, 0.2) is 78.9 Å². The minimum atomic E-state index is -1.29. The van der Waals surface area contributed by atoms with E-state index in [-0.39, 0.29) is 19.1 Å². The van der Waals surface area contributed by atoms with E-state index in [0.717, 1.165) is 27.8 Å². The molecule has 0 bridgehead atoms. The molecule has 8 heteroatoms. The summed E-state index contributed by atoms with van der Waals surface area (Å²) in [7, 11) is 0. The third-order valence-electron chi connectivity index (χ3n) is 6.92. The van der Waals surface area contributed by atoms with Crippen LogP contribution in [0.4, 0.5) is 4.79 Å². The van der Waals surface area contributed by atoms with Crippen molar-refractivity contribution in [2.45, 2.75) is 57.4 Å². The molecule has 3 aromatic rings. The summed E-state index contributed by atoms with van der Waals surface area (Å²) in [6.45, 7) is 3.79. The lowest BCUT2D eigenvalue weighted by Gasteiger charge is -2.25. The Kier molecular flexibility index (Phi) is 9.33. The summed E-state index contributed by atoms with van der Waals surface area (Å²) in [5.41, 5.74) is 5.30. The molecule has 1 unspecified atom stereocenters. The Balaban J connectivity index is 1.35. The molecule has 0 spiro atoms. The molecule has 0 saturated heterocycles. The van der Waals surface area contributed by atoms with E-state index in [1.807, 2.05) is 73.7 Å². The van der Waals surface area contributed by atoms with Crippen LogP contribution in [0.2, 0.25) is 0 Å². The van der Waals surface area contributed by atoms with Crippen LogP contribution in [0.5, 0.6) is 0 Å². The Morgan fingerprint density at radius 2 is 1.46 bits per heavy atom. The van der Waals surface area contributed by atoms with Gasteiger partial charge in [0.25, 0.3) is 0 Å². The number of fused-ring (bicyclic) bond motifs is 3. The monoisotopic (exact) mass is 530 g/mol. The van der Waals surface area contributed by atoms with Crippen molar-refractivity contribution >= 4 is 18.0 Å². The third-order valence-corrected chi connectivity index (χ3v) is 6.92. The first-order chi connectivity index (χ1) is 18.9. The lowest BCUT2D eigenvalue weighted by atomic mass is 9.98. The number of nitrogens with one attached hydrogen (secondary N) is 2. The highest BCUT2D eigenvalue weighted by Gasteiger charge is 2.32. The fraction of sp³-hybridized carbons (Fsp3) is 0.323. The Bertz CT molecular complexity index is 1250. The summed E-state index contributed by atoms with van der Waals surface area (Å²) >= 11 is 0. The second kappa shape index (κ2) is 13.1. The summed E-state index contributed by atoms with van der Waals surface area (Å²) in [5, 5.41) is 14.9. The Morgan fingerprint density at radius 1 is 0.872 bits per heavy atom. The molecule has 0 aliphatic heterocycles. The Hall–Kier alpha value is -4.17. The molecule has 8 nitrogen and oxygen atoms in total. The number of carboxylic acids is 1. The van der Waals surface area contributed by atoms with Crippen LogP contribution in [0.25, 0.3) is 11.1 Å². The molecule has 0 fully saturated rings. The molecule has 3 aromatic carbocycles. The standard InChI is InChI=1S/C31H34N2O6/c1-3-11-27(29(34)33-28(30(35)36)20(2)38-18-21-12-5-4-6-13-21)32-31(37)39-19-26-24-16-9-7-14-22(24)23-15-8-10-17-25(23)26/h4-10,12-17,20,26-28H,3,11,18-19H2,1-2H3,(H,32,37)(H,33,34)(H,35,36)/t20-,27?,28+/m1/s1. The summed E-state index contributed by atoms with van der Waals surface area (Å²) in [5.74, 6) is -1.94. The molecule has 0 aromatic heterocycles. The topological polar surface area (TPSA) is 114 Å². The normalized spacial score (nSPS) is 14.4. The van der Waals surface area contributed by atoms with Crippen LogP contribution in [0, 0.1) is 0 Å². The van der Waals surface area contributed by atoms with Gasteiger partial charge in [-0.3, -0.25) is 4.79 Å². The third kappa shape index (κ3) is 6.83. The molecule has 0 heterocycles. The van der Waals surface area contributed by atoms with Gasteiger partial charge in [-0.1, -0.05) is 92.2 Å². The number of rotatable bonds is 12. The number of hydrogen-bond acceptors (Lipinski definition) is 5. The van der Waals surface area contributed by atoms with Gasteiger partial charge in [-0.25, -0.2) is 9.59 Å². The molecule has 3 atom stereocenters. The highest BCUT2D eigenvalue weighted by Crippen LogP contribution is 2.44. The van der Waals surface area contributed by atoms with E-state index >= 15 is 0 Å². The van der Waals surface area contributed by atoms with E-state index in [2.05, 4.69) is 22.8 Å². The SMILES string of the molecule is CCCC(NC(=O)OCC1c2ccccc2-c2ccccc21)C(=O)N[C@H](C(=O)O)[C@@H](C)OCc1ccccc1. The van der Waals surface area contributed by atoms with E-state index in [0.29, 0.717) is 12.8 Å². The predicted octanol–water partition coefficient (Wildman–Crippen LogP) is 4.87. The molecule has 2 amide bonds. The molecule has 1 aliphatic rings. The van der Waals surface area contributed by atoms with Crippen molar-refractivity contribution in [1.82, 2.24) is 10.6 Å². The molecule has 4 rings (SSSR count). The summed E-state index contributed by atoms with van der Waals surface area (Å²) < 4.78 is 11.3. The van der Waals surface area contributed by atoms with E-state index in [9.17, 15) is 19.5 Å². The van der Waals surface area contributed by atoms with Gasteiger partial charge >= 0.3 is 12.1 Å². The molecule has 1 aliphatic carbocycles. The van der Waals surface area contributed by atoms with Gasteiger partial charge in [0.1, 0.15) is 12.6 Å². The van der Waals surface area contributed by atoms with E-state index in [4.69, 9.17) is 9.47 Å². The highest BCUT2D eigenvalue weighted by atomic mass is 16.5. The largest absolute Gasteiger partial charge is 0.480 e. The first-order valence-corrected chi connectivity index (χ1v) is 13.2. The number of carboxylic acid groups (broad SMARTS) is 1. The summed E-state index contributed by atoms with van der Waals surface area (Å²) in [4.78, 5) is 37.8. The van der Waals surface area contributed by atoms with Crippen molar-refractivity contribution < 1.29 is 29.0 Å². The fourth-order valence-corrected chi connectivity index (χ4v) is 4.87. The number of hydrogen-bond donors (Lipinski definition) is 3. The first kappa shape index (κ1) is 27.9. The highest BCUT2D eigenvalue weighted by molar-refractivity contribution is 5.89. The lowest BCUT2D eigenvalue weighted by molar-refractivity contribution is -0.146. The zero-order valence-corrected chi connectivity index (χ0v) is 22.1. The average Bonchev–Trinajstić information content (AvgIpc) is 3.27. The minimum absolute atomic E-state index is 0.111. The van der Waals surface area contributed by atoms with Crippen molar-refractivity contribution in [3.8, 4) is 11.1 Å². The van der Waals surface area contributed by atoms with E-state index < -0.39 is 36.2 Å². The second-order valence-corrected chi connectivity index (χ2v) is 9.64. The van der Waals surface area contributed by atoms with Gasteiger partial charge in [-0.15, -0.1) is 0 Å². The molecule has 204 valence electrons. The molecular formula is C31H34N2O6. The fourth-order valence-electron chi connectivity index (χ4n) is 4.87. The van der Waals surface area contributed by atoms with Gasteiger partial charge in [0.15, 0.2) is 6.04 Å². The summed E-state index contributed by atoms with van der Waals surface area (Å²) in [6, 6.07) is 23.2. The van der Waals surface area contributed by atoms with Crippen molar-refractivity contribution in [2.75, 3.05) is 6.61 Å². The van der Waals surface area contributed by atoms with Crippen LogP contribution in [-0.4, -0.2) is 47.9 Å². The van der Waals surface area contributed by atoms with Crippen LogP contribution >= 0.6 is 0 Å². The molecule has 0 radical (unpaired) electrons. The zero-order valence-electron chi connectivity index (χ0n) is 22.1. The van der Waals surface area contributed by atoms with Gasteiger partial charge in [0, 0.05) is 5.92 Å². The van der Waals surface area contributed by atoms with E-state index in [1.54, 1.807) is 6.92 Å². The maximum Gasteiger partial charge on any atom is 0.407 e. The molecule has 0 saturated carbocycles. The lowest BCUT2D eigenvalue weighted by Crippen LogP contribution is -2.55. The minimum Gasteiger partial charge on any atom is -0.480 e. The maximum atomic E-state index is 13.0. The van der Waals surface area contributed by atoms with Crippen molar-refractivity contribution in [3.63, 3.8) is 0 Å². The van der Waals surface area contributed by atoms with E-state index in [1.165, 1.54) is 0 Å². The van der Waals surface area contributed by atoms with Gasteiger partial charge in [0.05, 0.1) is 12.7 Å². The number of benzene rings is 3. The number of aliphatic carboxylic acids is 1. The van der Waals surface area contributed by atoms with Gasteiger partial charge in [-0.2, -0.15) is 0 Å². The number of carbonyl (C=O) groups is 3. The second-order valence-electron chi connectivity index (χ2n) is 9.64. The van der Waals surface area contributed by atoms with Crippen LogP contribution in [0.3, 0.4) is 0 Å². The Labute approximate surface area is 228 Å². The maximum absolute atomic E-state index is 13.0. The smallest absolute Gasteiger partial charge is 0.407 e. The van der Waals surface area contributed by atoms with Crippen molar-refractivity contribution in [1.29, 1.82) is 0 Å². The number of amides is 2. The van der Waals surface area contributed by atoms with Crippen molar-refractivity contribution in [2.24, 2.45) is 0 Å². The zero-order chi connectivity index (χ0) is 27.8. The molecule has 39 heavy (non-hydrogen) atoms. The predicted molar refractivity (Wildman–Crippen MR) is 147 cm³/mol. The summed E-state index contributed by atoms with van der Waals surface area (Å²) in [6.07, 6.45) is -0.615. The number of alkyl carbamates (subject to hydrolysis) is 1. The van der Waals surface area contributed by atoms with Crippen LogP contribution < -0.4 is 10.6 Å². The first-order valence-electron chi connectivity index (χ1n) is 13.2. The molecule has 3 N–H and O–H groups in total. The number of carbonyl (C=O) groups excluding carboxylic acids is 2. The Morgan fingerprint density at radius 3 is 2.05 bits per heavy atom. The number of ether oxygens (including phenoxy) is 2. The van der Waals surface area contributed by atoms with Crippen molar-refractivity contribution in [3.05, 3.63) is 95.6 Å². The quantitative estimate of drug-likeness (QED) is 0.308. The average molecular weight is 531 g/mol. The van der Waals surface area contributed by atoms with Crippen LogP contribution in [0.1, 0.15) is 49.3 Å². The van der Waals surface area contributed by atoms with Gasteiger partial charge < -0.3 is 25.2 Å². The van der Waals surface area contributed by atoms with Gasteiger partial charge in [-0.05, 0) is 41.2 Å². The van der Waals surface area contributed by atoms with Gasteiger partial charge in [0.2, 0.25) is 5.91 Å². The van der Waals surface area contributed by atoms with Crippen LogP contribution in [-0.2, 0) is 25.7 Å².